The molecule has 0 fully saturated rings. The summed E-state index contributed by atoms with van der Waals surface area (Å²) >= 11 is -0.572. The molecule has 1 unspecified atom stereocenters. The molecule has 0 amide bonds. The third-order valence-corrected chi connectivity index (χ3v) is 2.53. The minimum atomic E-state index is -0.572. The Kier molecular flexibility index (Phi) is 2.44. The minimum absolute atomic E-state index is 0.512. The van der Waals surface area contributed by atoms with Crippen molar-refractivity contribution in [3.05, 3.63) is 35.5 Å². The van der Waals surface area contributed by atoms with Crippen molar-refractivity contribution in [3.63, 3.8) is 0 Å². The van der Waals surface area contributed by atoms with Gasteiger partial charge in [0, 0.05) is 0 Å². The van der Waals surface area contributed by atoms with Gasteiger partial charge in [-0.25, -0.2) is 0 Å². The van der Waals surface area contributed by atoms with E-state index in [0.717, 1.165) is 6.07 Å². The summed E-state index contributed by atoms with van der Waals surface area (Å²) in [6, 6.07) is 3.53. The molecule has 0 aromatic heterocycles. The van der Waals surface area contributed by atoms with Crippen LogP contribution in [-0.2, 0) is 0 Å². The van der Waals surface area contributed by atoms with Gasteiger partial charge in [0.15, 0.2) is 0 Å². The number of rotatable bonds is 1. The van der Waals surface area contributed by atoms with Gasteiger partial charge < -0.3 is 0 Å². The topological polar surface area (TPSA) is 0 Å². The molecule has 1 rings (SSSR count). The molecule has 0 aliphatic carbocycles. The van der Waals surface area contributed by atoms with E-state index in [0.29, 0.717) is 4.35 Å². The Labute approximate surface area is 64.9 Å². The second-order valence-corrected chi connectivity index (χ2v) is 3.79. The fourth-order valence-electron chi connectivity index (χ4n) is 0.656. The average Bonchev–Trinajstić information content (AvgIpc) is 1.85. The van der Waals surface area contributed by atoms with E-state index in [-0.39, 0.29) is 0 Å². The molecule has 0 saturated carbocycles. The van der Waals surface area contributed by atoms with Crippen LogP contribution >= 0.6 is 0 Å². The van der Waals surface area contributed by atoms with Crippen LogP contribution in [-0.4, -0.2) is 15.8 Å². The Morgan fingerprint density at radius 2 is 1.60 bits per heavy atom. The summed E-state index contributed by atoms with van der Waals surface area (Å²) in [5.41, 5.74) is 3.63. The zero-order chi connectivity index (χ0) is 7.56. The monoisotopic (exact) mass is 203 g/mol. The van der Waals surface area contributed by atoms with Crippen molar-refractivity contribution in [1.82, 2.24) is 0 Å². The second kappa shape index (κ2) is 3.16. The first-order chi connectivity index (χ1) is 4.72. The Morgan fingerprint density at radius 3 is 2.00 bits per heavy atom. The fourth-order valence-corrected chi connectivity index (χ4v) is 1.66. The van der Waals surface area contributed by atoms with Gasteiger partial charge in [0.25, 0.3) is 0 Å². The number of hydrogen-bond donors (Lipinski definition) is 0. The van der Waals surface area contributed by atoms with Gasteiger partial charge in [-0.3, -0.25) is 0 Å². The normalized spacial score (nSPS) is 11.1. The molecule has 1 radical (unpaired) electrons. The van der Waals surface area contributed by atoms with Crippen molar-refractivity contribution in [2.45, 2.75) is 0 Å². The number of benzene rings is 1. The summed E-state index contributed by atoms with van der Waals surface area (Å²) in [6.07, 6.45) is 0. The zero-order valence-electron chi connectivity index (χ0n) is 5.20. The summed E-state index contributed by atoms with van der Waals surface area (Å²) < 4.78 is 25.4. The maximum atomic E-state index is 12.4. The molecule has 0 aliphatic rings. The summed E-state index contributed by atoms with van der Waals surface area (Å²) in [4.78, 5) is 0. The van der Waals surface area contributed by atoms with Gasteiger partial charge in [0.1, 0.15) is 0 Å². The molecule has 0 saturated heterocycles. The van der Waals surface area contributed by atoms with Crippen LogP contribution in [0.3, 0.4) is 0 Å². The van der Waals surface area contributed by atoms with E-state index < -0.39 is 27.4 Å². The fraction of sp³-hybridized carbons (Fsp3) is 0. The predicted octanol–water partition coefficient (Wildman–Crippen LogP) is 0.818. The molecule has 53 valence electrons. The van der Waals surface area contributed by atoms with Crippen molar-refractivity contribution in [3.8, 4) is 0 Å². The Bertz CT molecular complexity index is 215. The summed E-state index contributed by atoms with van der Waals surface area (Å²) in [7, 11) is 0. The number of hydrogen-bond acceptors (Lipinski definition) is 0. The van der Waals surface area contributed by atoms with Crippen LogP contribution in [0.25, 0.3) is 0 Å². The molecular weight excluding hydrogens is 197 g/mol. The van der Waals surface area contributed by atoms with Crippen LogP contribution in [0, 0.1) is 17.3 Å². The molecule has 0 heterocycles. The van der Waals surface area contributed by atoms with Crippen molar-refractivity contribution in [2.24, 2.45) is 0 Å². The van der Waals surface area contributed by atoms with Crippen LogP contribution in [0.1, 0.15) is 0 Å². The summed E-state index contributed by atoms with van der Waals surface area (Å²) in [6.45, 7) is 0. The third-order valence-electron chi connectivity index (χ3n) is 1.07. The van der Waals surface area contributed by atoms with Crippen molar-refractivity contribution in [1.29, 1.82) is 0 Å². The van der Waals surface area contributed by atoms with Gasteiger partial charge in [-0.05, 0) is 0 Å². The Hall–Kier alpha value is -0.362. The van der Waals surface area contributed by atoms with E-state index in [1.807, 2.05) is 0 Å². The van der Waals surface area contributed by atoms with E-state index in [9.17, 15) is 8.78 Å². The quantitative estimate of drug-likeness (QED) is 0.592. The molecule has 3 heteroatoms. The molecule has 1 aromatic carbocycles. The molecule has 10 heavy (non-hydrogen) atoms. The van der Waals surface area contributed by atoms with Crippen LogP contribution in [0.4, 0.5) is 8.78 Å². The first-order valence-electron chi connectivity index (χ1n) is 2.71. The Morgan fingerprint density at radius 1 is 1.10 bits per heavy atom. The van der Waals surface area contributed by atoms with Crippen molar-refractivity contribution in [2.75, 3.05) is 0 Å². The summed E-state index contributed by atoms with van der Waals surface area (Å²) in [5, 5.41) is 0. The van der Waals surface area contributed by atoms with Crippen molar-refractivity contribution < 1.29 is 8.78 Å². The Balaban J connectivity index is 3.06. The van der Waals surface area contributed by atoms with Crippen LogP contribution in [0.15, 0.2) is 18.2 Å². The van der Waals surface area contributed by atoms with Gasteiger partial charge in [-0.1, -0.05) is 0 Å². The van der Waals surface area contributed by atoms with Gasteiger partial charge in [0.2, 0.25) is 0 Å². The van der Waals surface area contributed by atoms with Gasteiger partial charge in [-0.2, -0.15) is 0 Å². The van der Waals surface area contributed by atoms with Gasteiger partial charge in [0.05, 0.1) is 0 Å². The summed E-state index contributed by atoms with van der Waals surface area (Å²) in [5.74, 6) is -1.02. The SMILES string of the molecule is [CH2][AsH]c1cc(F)cc(F)c1. The molecular formula is C7H6AsF2. The molecule has 1 atom stereocenters. The first-order valence-corrected chi connectivity index (χ1v) is 5.25. The van der Waals surface area contributed by atoms with Crippen LogP contribution in [0.5, 0.6) is 0 Å². The van der Waals surface area contributed by atoms with E-state index in [2.05, 4.69) is 5.71 Å². The second-order valence-electron chi connectivity index (χ2n) is 1.83. The maximum absolute atomic E-state index is 12.4. The standard InChI is InChI=1S/C7H6AsF2/c1-8-5-2-6(9)4-7(10)3-5/h2-4,8H,1H2. The zero-order valence-corrected chi connectivity index (χ0v) is 7.29. The van der Waals surface area contributed by atoms with E-state index in [1.54, 1.807) is 0 Å². The predicted molar refractivity (Wildman–Crippen MR) is 38.5 cm³/mol. The van der Waals surface area contributed by atoms with E-state index >= 15 is 0 Å². The molecule has 0 spiro atoms. The molecule has 0 aliphatic heterocycles. The molecule has 0 bridgehead atoms. The van der Waals surface area contributed by atoms with E-state index in [4.69, 9.17) is 0 Å². The van der Waals surface area contributed by atoms with Crippen LogP contribution in [0.2, 0.25) is 0 Å². The number of halogens is 2. The average molecular weight is 203 g/mol. The van der Waals surface area contributed by atoms with Gasteiger partial charge in [-0.15, -0.1) is 0 Å². The molecule has 0 N–H and O–H groups in total. The third kappa shape index (κ3) is 1.81. The van der Waals surface area contributed by atoms with Gasteiger partial charge >= 0.3 is 64.4 Å². The molecule has 0 nitrogen and oxygen atoms in total. The first kappa shape index (κ1) is 7.74. The van der Waals surface area contributed by atoms with E-state index in [1.165, 1.54) is 12.1 Å². The molecule has 1 aromatic rings. The van der Waals surface area contributed by atoms with Crippen molar-refractivity contribution >= 4 is 20.1 Å². The van der Waals surface area contributed by atoms with Crippen LogP contribution < -0.4 is 4.35 Å².